The van der Waals surface area contributed by atoms with Crippen molar-refractivity contribution in [2.75, 3.05) is 36.5 Å². The Labute approximate surface area is 146 Å². The number of hydrogen-bond acceptors (Lipinski definition) is 5. The lowest BCUT2D eigenvalue weighted by Crippen LogP contribution is -2.36. The van der Waals surface area contributed by atoms with Gasteiger partial charge in [-0.15, -0.1) is 11.3 Å². The predicted molar refractivity (Wildman–Crippen MR) is 98.7 cm³/mol. The van der Waals surface area contributed by atoms with Crippen molar-refractivity contribution in [3.05, 3.63) is 45.9 Å². The molecule has 1 aliphatic heterocycles. The normalized spacial score (nSPS) is 15.0. The highest BCUT2D eigenvalue weighted by molar-refractivity contribution is 7.09. The first-order chi connectivity index (χ1) is 11.6. The van der Waals surface area contributed by atoms with Crippen LogP contribution < -0.4 is 10.2 Å². The monoisotopic (exact) mass is 343 g/mol. The Morgan fingerprint density at radius 1 is 1.33 bits per heavy atom. The Morgan fingerprint density at radius 3 is 2.79 bits per heavy atom. The van der Waals surface area contributed by atoms with Crippen LogP contribution in [0.1, 0.15) is 16.3 Å². The third-order valence-electron chi connectivity index (χ3n) is 3.89. The first-order valence-corrected chi connectivity index (χ1v) is 8.84. The largest absolute Gasteiger partial charge is 0.378 e. The molecule has 5 nitrogen and oxygen atoms in total. The summed E-state index contributed by atoms with van der Waals surface area (Å²) in [5.74, 6) is -0.150. The van der Waals surface area contributed by atoms with Crippen LogP contribution in [0.15, 0.2) is 29.7 Å². The van der Waals surface area contributed by atoms with Crippen molar-refractivity contribution in [1.82, 2.24) is 4.98 Å². The van der Waals surface area contributed by atoms with Gasteiger partial charge in [0.15, 0.2) is 0 Å². The summed E-state index contributed by atoms with van der Waals surface area (Å²) in [6, 6.07) is 6.11. The molecule has 2 heterocycles. The summed E-state index contributed by atoms with van der Waals surface area (Å²) in [6.45, 7) is 7.28. The Balaban J connectivity index is 1.64. The van der Waals surface area contributed by atoms with Gasteiger partial charge in [-0.2, -0.15) is 0 Å². The molecule has 0 unspecified atom stereocenters. The van der Waals surface area contributed by atoms with Crippen LogP contribution in [0, 0.1) is 13.8 Å². The molecule has 0 spiro atoms. The number of morpholine rings is 1. The number of aromatic nitrogens is 1. The molecule has 1 aliphatic rings. The fourth-order valence-electron chi connectivity index (χ4n) is 2.60. The number of nitrogens with zero attached hydrogens (tertiary/aromatic N) is 2. The number of amides is 1. The molecular formula is C18H21N3O2S. The van der Waals surface area contributed by atoms with Crippen LogP contribution in [0.3, 0.4) is 0 Å². The fourth-order valence-corrected chi connectivity index (χ4v) is 3.18. The van der Waals surface area contributed by atoms with Crippen molar-refractivity contribution < 1.29 is 9.53 Å². The molecule has 2 aromatic rings. The highest BCUT2D eigenvalue weighted by Crippen LogP contribution is 2.23. The SMILES string of the molecule is Cc1nc(C=CC(=O)Nc2ccc(N3CCOCC3)cc2C)cs1. The maximum atomic E-state index is 12.1. The minimum Gasteiger partial charge on any atom is -0.378 e. The van der Waals surface area contributed by atoms with Gasteiger partial charge in [0.05, 0.1) is 23.9 Å². The molecule has 0 saturated carbocycles. The molecule has 1 saturated heterocycles. The number of anilines is 2. The number of carbonyl (C=O) groups is 1. The van der Waals surface area contributed by atoms with Gasteiger partial charge in [0.2, 0.25) is 5.91 Å². The molecule has 6 heteroatoms. The number of ether oxygens (including phenoxy) is 1. The molecule has 126 valence electrons. The topological polar surface area (TPSA) is 54.5 Å². The van der Waals surface area contributed by atoms with E-state index in [2.05, 4.69) is 21.3 Å². The molecule has 0 atom stereocenters. The van der Waals surface area contributed by atoms with Crippen LogP contribution in [0.2, 0.25) is 0 Å². The standard InChI is InChI=1S/C18H21N3O2S/c1-13-11-16(21-7-9-23-10-8-21)4-5-17(13)20-18(22)6-3-15-12-24-14(2)19-15/h3-6,11-12H,7-10H2,1-2H3,(H,20,22). The Kier molecular flexibility index (Phi) is 5.27. The van der Waals surface area contributed by atoms with E-state index < -0.39 is 0 Å². The smallest absolute Gasteiger partial charge is 0.248 e. The lowest BCUT2D eigenvalue weighted by Gasteiger charge is -2.29. The van der Waals surface area contributed by atoms with Crippen molar-refractivity contribution in [3.63, 3.8) is 0 Å². The van der Waals surface area contributed by atoms with Gasteiger partial charge in [0.25, 0.3) is 0 Å². The van der Waals surface area contributed by atoms with E-state index in [4.69, 9.17) is 4.74 Å². The predicted octanol–water partition coefficient (Wildman–Crippen LogP) is 3.25. The van der Waals surface area contributed by atoms with Gasteiger partial charge in [-0.25, -0.2) is 4.98 Å². The molecule has 0 radical (unpaired) electrons. The van der Waals surface area contributed by atoms with E-state index in [0.29, 0.717) is 0 Å². The van der Waals surface area contributed by atoms with E-state index in [-0.39, 0.29) is 5.91 Å². The van der Waals surface area contributed by atoms with E-state index in [0.717, 1.165) is 48.3 Å². The highest BCUT2D eigenvalue weighted by Gasteiger charge is 2.12. The summed E-state index contributed by atoms with van der Waals surface area (Å²) < 4.78 is 5.38. The third kappa shape index (κ3) is 4.21. The fraction of sp³-hybridized carbons (Fsp3) is 0.333. The lowest BCUT2D eigenvalue weighted by atomic mass is 10.1. The Bertz CT molecular complexity index is 748. The number of aryl methyl sites for hydroxylation is 2. The lowest BCUT2D eigenvalue weighted by molar-refractivity contribution is -0.111. The molecule has 24 heavy (non-hydrogen) atoms. The van der Waals surface area contributed by atoms with Gasteiger partial charge in [-0.05, 0) is 43.7 Å². The summed E-state index contributed by atoms with van der Waals surface area (Å²) in [6.07, 6.45) is 3.25. The summed E-state index contributed by atoms with van der Waals surface area (Å²) in [4.78, 5) is 18.7. The maximum absolute atomic E-state index is 12.1. The number of benzene rings is 1. The van der Waals surface area contributed by atoms with Crippen molar-refractivity contribution in [2.45, 2.75) is 13.8 Å². The zero-order valence-electron chi connectivity index (χ0n) is 13.9. The molecular weight excluding hydrogens is 322 g/mol. The molecule has 0 bridgehead atoms. The summed E-state index contributed by atoms with van der Waals surface area (Å²) in [5, 5.41) is 5.85. The van der Waals surface area contributed by atoms with E-state index in [1.807, 2.05) is 31.4 Å². The van der Waals surface area contributed by atoms with Gasteiger partial charge in [-0.3, -0.25) is 4.79 Å². The molecule has 1 aromatic heterocycles. The van der Waals surface area contributed by atoms with Crippen molar-refractivity contribution in [1.29, 1.82) is 0 Å². The first-order valence-electron chi connectivity index (χ1n) is 7.96. The molecule has 1 N–H and O–H groups in total. The average Bonchev–Trinajstić information content (AvgIpc) is 3.01. The minimum atomic E-state index is -0.150. The second-order valence-corrected chi connectivity index (χ2v) is 6.77. The first kappa shape index (κ1) is 16.7. The van der Waals surface area contributed by atoms with Crippen LogP contribution in [-0.4, -0.2) is 37.2 Å². The van der Waals surface area contributed by atoms with E-state index in [1.54, 1.807) is 17.4 Å². The highest BCUT2D eigenvalue weighted by atomic mass is 32.1. The molecule has 3 rings (SSSR count). The average molecular weight is 343 g/mol. The summed E-state index contributed by atoms with van der Waals surface area (Å²) >= 11 is 1.57. The van der Waals surface area contributed by atoms with Crippen molar-refractivity contribution in [2.24, 2.45) is 0 Å². The number of thiazole rings is 1. The van der Waals surface area contributed by atoms with E-state index >= 15 is 0 Å². The van der Waals surface area contributed by atoms with Crippen molar-refractivity contribution in [3.8, 4) is 0 Å². The van der Waals surface area contributed by atoms with Gasteiger partial charge in [0.1, 0.15) is 0 Å². The van der Waals surface area contributed by atoms with Crippen LogP contribution in [0.4, 0.5) is 11.4 Å². The molecule has 0 aliphatic carbocycles. The molecule has 1 fully saturated rings. The van der Waals surface area contributed by atoms with Crippen LogP contribution in [0.25, 0.3) is 6.08 Å². The van der Waals surface area contributed by atoms with Gasteiger partial charge < -0.3 is 15.0 Å². The molecule has 1 aromatic carbocycles. The minimum absolute atomic E-state index is 0.150. The second-order valence-electron chi connectivity index (χ2n) is 5.71. The van der Waals surface area contributed by atoms with E-state index in [1.165, 1.54) is 11.8 Å². The maximum Gasteiger partial charge on any atom is 0.248 e. The number of hydrogen-bond donors (Lipinski definition) is 1. The number of rotatable bonds is 4. The summed E-state index contributed by atoms with van der Waals surface area (Å²) in [7, 11) is 0. The van der Waals surface area contributed by atoms with Crippen LogP contribution in [-0.2, 0) is 9.53 Å². The van der Waals surface area contributed by atoms with Crippen molar-refractivity contribution >= 4 is 34.7 Å². The second kappa shape index (κ2) is 7.59. The number of nitrogens with one attached hydrogen (secondary N) is 1. The quantitative estimate of drug-likeness (QED) is 0.866. The third-order valence-corrected chi connectivity index (χ3v) is 4.68. The zero-order valence-corrected chi connectivity index (χ0v) is 14.7. The number of carbonyl (C=O) groups excluding carboxylic acids is 1. The van der Waals surface area contributed by atoms with Gasteiger partial charge in [0, 0.05) is 35.9 Å². The summed E-state index contributed by atoms with van der Waals surface area (Å²) in [5.41, 5.74) is 3.86. The van der Waals surface area contributed by atoms with Crippen LogP contribution in [0.5, 0.6) is 0 Å². The molecule has 1 amide bonds. The van der Waals surface area contributed by atoms with Crippen LogP contribution >= 0.6 is 11.3 Å². The van der Waals surface area contributed by atoms with Gasteiger partial charge >= 0.3 is 0 Å². The van der Waals surface area contributed by atoms with E-state index in [9.17, 15) is 4.79 Å². The Hall–Kier alpha value is -2.18. The van der Waals surface area contributed by atoms with Gasteiger partial charge in [-0.1, -0.05) is 0 Å². The Morgan fingerprint density at radius 2 is 2.12 bits per heavy atom. The zero-order chi connectivity index (χ0) is 16.9.